The Bertz CT molecular complexity index is 1210. The summed E-state index contributed by atoms with van der Waals surface area (Å²) in [5.41, 5.74) is -1.44. The number of aryl methyl sites for hydroxylation is 1. The highest BCUT2D eigenvalue weighted by molar-refractivity contribution is 6.34. The second kappa shape index (κ2) is 8.56. The van der Waals surface area contributed by atoms with Crippen LogP contribution in [0.15, 0.2) is 30.6 Å². The lowest BCUT2D eigenvalue weighted by molar-refractivity contribution is 0.101. The van der Waals surface area contributed by atoms with Crippen LogP contribution in [0, 0.1) is 30.2 Å². The summed E-state index contributed by atoms with van der Waals surface area (Å²) in [6.45, 7) is 1.63. The number of halogens is 5. The third kappa shape index (κ3) is 4.56. The number of nitrogens with one attached hydrogen (secondary N) is 2. The zero-order valence-corrected chi connectivity index (χ0v) is 16.2. The Hall–Kier alpha value is -3.73. The van der Waals surface area contributed by atoms with E-state index in [-0.39, 0.29) is 28.0 Å². The fourth-order valence-corrected chi connectivity index (χ4v) is 2.60. The molecule has 3 aromatic rings. The molecule has 0 aliphatic rings. The van der Waals surface area contributed by atoms with Crippen molar-refractivity contribution in [2.45, 2.75) is 6.92 Å². The van der Waals surface area contributed by atoms with Gasteiger partial charge in [-0.05, 0) is 19.1 Å². The summed E-state index contributed by atoms with van der Waals surface area (Å²) in [6.07, 6.45) is 2.53. The van der Waals surface area contributed by atoms with Crippen molar-refractivity contribution in [1.82, 2.24) is 9.97 Å². The molecule has 3 N–H and O–H groups in total. The van der Waals surface area contributed by atoms with Crippen molar-refractivity contribution in [3.63, 3.8) is 0 Å². The second-order valence-electron chi connectivity index (χ2n) is 6.12. The summed E-state index contributed by atoms with van der Waals surface area (Å²) in [6, 6.07) is 2.16. The highest BCUT2D eigenvalue weighted by Gasteiger charge is 2.24. The van der Waals surface area contributed by atoms with Gasteiger partial charge in [0.15, 0.2) is 23.3 Å². The topological polar surface area (TPSA) is 104 Å². The van der Waals surface area contributed by atoms with E-state index < -0.39 is 46.4 Å². The van der Waals surface area contributed by atoms with E-state index in [1.165, 1.54) is 12.4 Å². The first-order chi connectivity index (χ1) is 14.6. The van der Waals surface area contributed by atoms with E-state index in [1.54, 1.807) is 6.92 Å². The molecule has 1 heterocycles. The molecule has 0 radical (unpaired) electrons. The van der Waals surface area contributed by atoms with E-state index in [4.69, 9.17) is 11.6 Å². The summed E-state index contributed by atoms with van der Waals surface area (Å²) in [5.74, 6) is -10.0. The fraction of sp³-hybridized carbons (Fsp3) is 0.0526. The number of aromatic nitrogens is 2. The molecule has 0 aliphatic carbocycles. The monoisotopic (exact) mass is 454 g/mol. The standard InChI is InChI=1S/C19H11ClF4N4O3/c1-7-25-5-8(6-26-7)18(30)28-13-3-10(20)12(4-14(13)29)27-19(31)9-2-11(21)16(23)17(24)15(9)22/h2-6,29H,1H3,(H,27,31)(H,28,30). The molecule has 0 unspecified atom stereocenters. The van der Waals surface area contributed by atoms with Crippen LogP contribution in [0.1, 0.15) is 26.5 Å². The third-order valence-electron chi connectivity index (χ3n) is 3.97. The number of phenols is 1. The number of anilines is 2. The summed E-state index contributed by atoms with van der Waals surface area (Å²) in [5, 5.41) is 14.3. The van der Waals surface area contributed by atoms with Gasteiger partial charge in [-0.3, -0.25) is 9.59 Å². The molecular formula is C19H11ClF4N4O3. The molecular weight excluding hydrogens is 444 g/mol. The van der Waals surface area contributed by atoms with Crippen LogP contribution in [-0.2, 0) is 0 Å². The lowest BCUT2D eigenvalue weighted by Gasteiger charge is -2.13. The number of carbonyl (C=O) groups is 2. The van der Waals surface area contributed by atoms with Crippen LogP contribution in [0.4, 0.5) is 28.9 Å². The molecule has 1 aromatic heterocycles. The Morgan fingerprint density at radius 3 is 2.16 bits per heavy atom. The predicted octanol–water partition coefficient (Wildman–Crippen LogP) is 4.21. The summed E-state index contributed by atoms with van der Waals surface area (Å²) >= 11 is 6.01. The van der Waals surface area contributed by atoms with E-state index in [2.05, 4.69) is 15.3 Å². The Morgan fingerprint density at radius 1 is 0.903 bits per heavy atom. The zero-order chi connectivity index (χ0) is 22.9. The van der Waals surface area contributed by atoms with Crippen LogP contribution in [0.5, 0.6) is 5.75 Å². The molecule has 0 fully saturated rings. The van der Waals surface area contributed by atoms with Crippen molar-refractivity contribution in [3.05, 3.63) is 75.8 Å². The van der Waals surface area contributed by atoms with Crippen LogP contribution in [0.25, 0.3) is 0 Å². The second-order valence-corrected chi connectivity index (χ2v) is 6.53. The number of carbonyl (C=O) groups excluding carboxylic acids is 2. The normalized spacial score (nSPS) is 10.6. The number of rotatable bonds is 4. The lowest BCUT2D eigenvalue weighted by atomic mass is 10.1. The first-order valence-corrected chi connectivity index (χ1v) is 8.73. The van der Waals surface area contributed by atoms with Gasteiger partial charge in [-0.25, -0.2) is 27.5 Å². The van der Waals surface area contributed by atoms with Crippen molar-refractivity contribution in [3.8, 4) is 5.75 Å². The van der Waals surface area contributed by atoms with Crippen LogP contribution >= 0.6 is 11.6 Å². The Morgan fingerprint density at radius 2 is 1.52 bits per heavy atom. The number of hydrogen-bond donors (Lipinski definition) is 3. The number of benzene rings is 2. The van der Waals surface area contributed by atoms with Crippen molar-refractivity contribution < 1.29 is 32.3 Å². The molecule has 2 aromatic carbocycles. The van der Waals surface area contributed by atoms with Crippen LogP contribution < -0.4 is 10.6 Å². The smallest absolute Gasteiger partial charge is 0.258 e. The van der Waals surface area contributed by atoms with Crippen molar-refractivity contribution in [1.29, 1.82) is 0 Å². The molecule has 31 heavy (non-hydrogen) atoms. The molecule has 0 saturated carbocycles. The first-order valence-electron chi connectivity index (χ1n) is 8.35. The van der Waals surface area contributed by atoms with Gasteiger partial charge in [0.05, 0.1) is 27.5 Å². The molecule has 12 heteroatoms. The SMILES string of the molecule is Cc1ncc(C(=O)Nc2cc(Cl)c(NC(=O)c3cc(F)c(F)c(F)c3F)cc2O)cn1. The summed E-state index contributed by atoms with van der Waals surface area (Å²) in [7, 11) is 0. The highest BCUT2D eigenvalue weighted by Crippen LogP contribution is 2.34. The summed E-state index contributed by atoms with van der Waals surface area (Å²) < 4.78 is 53.5. The minimum absolute atomic E-state index is 0.0920. The summed E-state index contributed by atoms with van der Waals surface area (Å²) in [4.78, 5) is 32.1. The lowest BCUT2D eigenvalue weighted by Crippen LogP contribution is -2.17. The number of nitrogens with zero attached hydrogens (tertiary/aromatic N) is 2. The molecule has 3 rings (SSSR count). The van der Waals surface area contributed by atoms with Gasteiger partial charge in [0.25, 0.3) is 11.8 Å². The van der Waals surface area contributed by atoms with Gasteiger partial charge < -0.3 is 15.7 Å². The molecule has 0 bridgehead atoms. The molecule has 0 aliphatic heterocycles. The molecule has 0 spiro atoms. The van der Waals surface area contributed by atoms with E-state index in [1.807, 2.05) is 5.32 Å². The third-order valence-corrected chi connectivity index (χ3v) is 4.28. The largest absolute Gasteiger partial charge is 0.506 e. The maximum Gasteiger partial charge on any atom is 0.258 e. The van der Waals surface area contributed by atoms with Gasteiger partial charge >= 0.3 is 0 Å². The Labute approximate surface area is 176 Å². The molecule has 160 valence electrons. The number of aromatic hydroxyl groups is 1. The van der Waals surface area contributed by atoms with Crippen LogP contribution in [0.2, 0.25) is 5.02 Å². The Balaban J connectivity index is 1.83. The average molecular weight is 455 g/mol. The van der Waals surface area contributed by atoms with Gasteiger partial charge in [-0.2, -0.15) is 0 Å². The maximum atomic E-state index is 13.8. The van der Waals surface area contributed by atoms with Crippen LogP contribution in [0.3, 0.4) is 0 Å². The quantitative estimate of drug-likeness (QED) is 0.237. The van der Waals surface area contributed by atoms with Crippen molar-refractivity contribution in [2.75, 3.05) is 10.6 Å². The van der Waals surface area contributed by atoms with Gasteiger partial charge in [0.1, 0.15) is 11.6 Å². The highest BCUT2D eigenvalue weighted by atomic mass is 35.5. The first kappa shape index (κ1) is 22.0. The predicted molar refractivity (Wildman–Crippen MR) is 102 cm³/mol. The van der Waals surface area contributed by atoms with Gasteiger partial charge in [0, 0.05) is 18.5 Å². The fourth-order valence-electron chi connectivity index (χ4n) is 2.39. The molecule has 0 atom stereocenters. The van der Waals surface area contributed by atoms with Gasteiger partial charge in [-0.1, -0.05) is 11.6 Å². The molecule has 0 saturated heterocycles. The van der Waals surface area contributed by atoms with E-state index in [9.17, 15) is 32.3 Å². The zero-order valence-electron chi connectivity index (χ0n) is 15.4. The minimum atomic E-state index is -2.16. The van der Waals surface area contributed by atoms with Gasteiger partial charge in [0.2, 0.25) is 0 Å². The van der Waals surface area contributed by atoms with E-state index in [0.29, 0.717) is 5.82 Å². The van der Waals surface area contributed by atoms with E-state index >= 15 is 0 Å². The number of phenolic OH excluding ortho intramolecular Hbond substituents is 1. The number of hydrogen-bond acceptors (Lipinski definition) is 5. The number of amides is 2. The van der Waals surface area contributed by atoms with Crippen LogP contribution in [-0.4, -0.2) is 26.9 Å². The Kier molecular flexibility index (Phi) is 6.07. The van der Waals surface area contributed by atoms with E-state index in [0.717, 1.165) is 12.1 Å². The molecule has 2 amide bonds. The molecule has 7 nitrogen and oxygen atoms in total. The van der Waals surface area contributed by atoms with Crippen molar-refractivity contribution in [2.24, 2.45) is 0 Å². The average Bonchev–Trinajstić information content (AvgIpc) is 2.73. The van der Waals surface area contributed by atoms with Crippen molar-refractivity contribution >= 4 is 34.8 Å². The minimum Gasteiger partial charge on any atom is -0.506 e. The maximum absolute atomic E-state index is 13.8. The van der Waals surface area contributed by atoms with Gasteiger partial charge in [-0.15, -0.1) is 0 Å².